The van der Waals surface area contributed by atoms with Gasteiger partial charge in [0.2, 0.25) is 0 Å². The molecule has 1 aromatic heterocycles. The summed E-state index contributed by atoms with van der Waals surface area (Å²) in [5.41, 5.74) is -0.615. The van der Waals surface area contributed by atoms with Crippen molar-refractivity contribution >= 4 is 17.7 Å². The van der Waals surface area contributed by atoms with E-state index in [0.29, 0.717) is 0 Å². The fourth-order valence-electron chi connectivity index (χ4n) is 1.45. The molecule has 0 spiro atoms. The van der Waals surface area contributed by atoms with Crippen molar-refractivity contribution in [2.75, 3.05) is 11.9 Å². The van der Waals surface area contributed by atoms with Crippen LogP contribution in [0.2, 0.25) is 0 Å². The third-order valence-corrected chi connectivity index (χ3v) is 2.34. The van der Waals surface area contributed by atoms with E-state index < -0.39 is 23.7 Å². The molecule has 124 valence electrons. The van der Waals surface area contributed by atoms with E-state index in [-0.39, 0.29) is 22.7 Å². The number of ether oxygens (including phenoxy) is 2. The molecule has 0 bridgehead atoms. The smallest absolute Gasteiger partial charge is 0.441 e. The summed E-state index contributed by atoms with van der Waals surface area (Å²) in [5, 5.41) is 5.83. The third kappa shape index (κ3) is 4.40. The summed E-state index contributed by atoms with van der Waals surface area (Å²) in [7, 11) is 0. The number of nitrogens with one attached hydrogen (secondary N) is 1. The van der Waals surface area contributed by atoms with Crippen LogP contribution in [0.15, 0.2) is 6.20 Å². The summed E-state index contributed by atoms with van der Waals surface area (Å²) in [6.45, 7) is 7.63. The van der Waals surface area contributed by atoms with Crippen LogP contribution in [-0.2, 0) is 20.3 Å². The Bertz CT molecular complexity index is 564. The number of carbonyl (C=O) groups is 2. The summed E-state index contributed by atoms with van der Waals surface area (Å²) in [4.78, 5) is 22.9. The van der Waals surface area contributed by atoms with Gasteiger partial charge in [0, 0.05) is 0 Å². The lowest BCUT2D eigenvalue weighted by Gasteiger charge is -2.19. The fourth-order valence-corrected chi connectivity index (χ4v) is 1.45. The molecule has 0 saturated carbocycles. The van der Waals surface area contributed by atoms with Crippen LogP contribution in [0, 0.1) is 6.92 Å². The zero-order valence-corrected chi connectivity index (χ0v) is 13.1. The summed E-state index contributed by atoms with van der Waals surface area (Å²) in [5.74, 6) is -1.72. The Morgan fingerprint density at radius 3 is 2.45 bits per heavy atom. The van der Waals surface area contributed by atoms with Crippen LogP contribution < -0.4 is 5.32 Å². The first-order valence-corrected chi connectivity index (χ1v) is 6.59. The van der Waals surface area contributed by atoms with Crippen molar-refractivity contribution in [2.24, 2.45) is 0 Å². The topological polar surface area (TPSA) is 82.5 Å². The van der Waals surface area contributed by atoms with Crippen LogP contribution in [0.25, 0.3) is 0 Å². The molecule has 0 aliphatic heterocycles. The van der Waals surface area contributed by atoms with Gasteiger partial charge in [-0.25, -0.2) is 9.59 Å². The minimum Gasteiger partial charge on any atom is -0.460 e. The molecule has 0 unspecified atom stereocenters. The lowest BCUT2D eigenvalue weighted by Crippen LogP contribution is -2.35. The predicted octanol–water partition coefficient (Wildman–Crippen LogP) is 2.65. The molecule has 0 saturated heterocycles. The molecule has 1 heterocycles. The average molecular weight is 319 g/mol. The standard InChI is InChI=1S/C13H19F2N3O4/c1-6-21-10(19)13(14,15)18-7-9(8(2)17-18)16-11(20)22-12(3,4)5/h7H,6H2,1-5H3,(H,16,20). The van der Waals surface area contributed by atoms with Gasteiger partial charge >= 0.3 is 18.1 Å². The molecule has 0 atom stereocenters. The first kappa shape index (κ1) is 17.9. The van der Waals surface area contributed by atoms with Crippen molar-refractivity contribution in [3.05, 3.63) is 11.9 Å². The van der Waals surface area contributed by atoms with E-state index in [9.17, 15) is 18.4 Å². The van der Waals surface area contributed by atoms with Gasteiger partial charge in [0.15, 0.2) is 0 Å². The van der Waals surface area contributed by atoms with Crippen LogP contribution in [0.3, 0.4) is 0 Å². The highest BCUT2D eigenvalue weighted by atomic mass is 19.3. The number of halogens is 2. The number of hydrogen-bond donors (Lipinski definition) is 1. The van der Waals surface area contributed by atoms with E-state index in [1.54, 1.807) is 20.8 Å². The maximum atomic E-state index is 13.8. The molecule has 0 fully saturated rings. The molecular weight excluding hydrogens is 300 g/mol. The Kier molecular flexibility index (Phi) is 5.10. The number of esters is 1. The lowest BCUT2D eigenvalue weighted by atomic mass is 10.2. The Balaban J connectivity index is 2.92. The molecule has 7 nitrogen and oxygen atoms in total. The van der Waals surface area contributed by atoms with Crippen molar-refractivity contribution in [2.45, 2.75) is 46.3 Å². The highest BCUT2D eigenvalue weighted by Crippen LogP contribution is 2.25. The largest absolute Gasteiger partial charge is 0.460 e. The van der Waals surface area contributed by atoms with Gasteiger partial charge in [0.25, 0.3) is 0 Å². The molecule has 1 amide bonds. The molecule has 1 rings (SSSR count). The number of nitrogens with zero attached hydrogens (tertiary/aromatic N) is 2. The average Bonchev–Trinajstić information content (AvgIpc) is 2.69. The number of rotatable bonds is 4. The van der Waals surface area contributed by atoms with E-state index in [4.69, 9.17) is 4.74 Å². The molecule has 9 heteroatoms. The SMILES string of the molecule is CCOC(=O)C(F)(F)n1cc(NC(=O)OC(C)(C)C)c(C)n1. The highest BCUT2D eigenvalue weighted by molar-refractivity contribution is 5.85. The molecule has 0 aliphatic rings. The molecule has 22 heavy (non-hydrogen) atoms. The first-order valence-electron chi connectivity index (χ1n) is 6.59. The number of amides is 1. The summed E-state index contributed by atoms with van der Waals surface area (Å²) >= 11 is 0. The molecule has 1 N–H and O–H groups in total. The number of aryl methyl sites for hydroxylation is 1. The Morgan fingerprint density at radius 1 is 1.36 bits per heavy atom. The van der Waals surface area contributed by atoms with Crippen molar-refractivity contribution in [3.8, 4) is 0 Å². The lowest BCUT2D eigenvalue weighted by molar-refractivity contribution is -0.189. The summed E-state index contributed by atoms with van der Waals surface area (Å²) in [6.07, 6.45) is 0.0329. The highest BCUT2D eigenvalue weighted by Gasteiger charge is 2.44. The molecule has 0 radical (unpaired) electrons. The number of anilines is 1. The van der Waals surface area contributed by atoms with Crippen LogP contribution in [0.1, 0.15) is 33.4 Å². The third-order valence-electron chi connectivity index (χ3n) is 2.34. The zero-order valence-electron chi connectivity index (χ0n) is 13.1. The van der Waals surface area contributed by atoms with Crippen LogP contribution in [0.4, 0.5) is 19.3 Å². The van der Waals surface area contributed by atoms with Crippen molar-refractivity contribution < 1.29 is 27.8 Å². The monoisotopic (exact) mass is 319 g/mol. The van der Waals surface area contributed by atoms with Crippen molar-refractivity contribution in [1.82, 2.24) is 9.78 Å². The molecule has 0 aliphatic carbocycles. The van der Waals surface area contributed by atoms with Gasteiger partial charge in [-0.2, -0.15) is 18.6 Å². The second-order valence-electron chi connectivity index (χ2n) is 5.46. The Hall–Kier alpha value is -2.19. The van der Waals surface area contributed by atoms with Gasteiger partial charge in [-0.1, -0.05) is 0 Å². The van der Waals surface area contributed by atoms with E-state index in [1.165, 1.54) is 13.8 Å². The van der Waals surface area contributed by atoms with E-state index in [1.807, 2.05) is 0 Å². The maximum absolute atomic E-state index is 13.8. The summed E-state index contributed by atoms with van der Waals surface area (Å²) in [6, 6.07) is -3.96. The predicted molar refractivity (Wildman–Crippen MR) is 73.6 cm³/mol. The van der Waals surface area contributed by atoms with E-state index in [2.05, 4.69) is 15.2 Å². The first-order chi connectivity index (χ1) is 9.97. The van der Waals surface area contributed by atoms with Crippen LogP contribution in [-0.4, -0.2) is 34.1 Å². The van der Waals surface area contributed by atoms with Gasteiger partial charge in [0.05, 0.1) is 24.2 Å². The normalized spacial score (nSPS) is 12.0. The van der Waals surface area contributed by atoms with Crippen molar-refractivity contribution in [1.29, 1.82) is 0 Å². The van der Waals surface area contributed by atoms with Gasteiger partial charge in [0.1, 0.15) is 5.60 Å². The minimum absolute atomic E-state index is 0.0122. The Labute approximate surface area is 126 Å². The minimum atomic E-state index is -3.96. The van der Waals surface area contributed by atoms with Gasteiger partial charge in [-0.15, -0.1) is 0 Å². The number of alkyl halides is 2. The molecular formula is C13H19F2N3O4. The van der Waals surface area contributed by atoms with Crippen molar-refractivity contribution in [3.63, 3.8) is 0 Å². The second kappa shape index (κ2) is 6.29. The van der Waals surface area contributed by atoms with E-state index >= 15 is 0 Å². The maximum Gasteiger partial charge on any atom is 0.441 e. The summed E-state index contributed by atoms with van der Waals surface area (Å²) < 4.78 is 37.1. The number of carbonyl (C=O) groups excluding carboxylic acids is 2. The zero-order chi connectivity index (χ0) is 17.1. The van der Waals surface area contributed by atoms with Crippen LogP contribution >= 0.6 is 0 Å². The van der Waals surface area contributed by atoms with Gasteiger partial charge < -0.3 is 9.47 Å². The molecule has 1 aromatic rings. The van der Waals surface area contributed by atoms with E-state index in [0.717, 1.165) is 6.20 Å². The fraction of sp³-hybridized carbons (Fsp3) is 0.615. The number of aromatic nitrogens is 2. The molecule has 0 aromatic carbocycles. The van der Waals surface area contributed by atoms with Gasteiger partial charge in [-0.3, -0.25) is 5.32 Å². The Morgan fingerprint density at radius 2 is 1.95 bits per heavy atom. The number of hydrogen-bond acceptors (Lipinski definition) is 5. The van der Waals surface area contributed by atoms with Crippen LogP contribution in [0.5, 0.6) is 0 Å². The quantitative estimate of drug-likeness (QED) is 0.863. The van der Waals surface area contributed by atoms with Gasteiger partial charge in [-0.05, 0) is 34.6 Å². The second-order valence-corrected chi connectivity index (χ2v) is 5.46.